The first-order valence-electron chi connectivity index (χ1n) is 2.80. The zero-order valence-corrected chi connectivity index (χ0v) is 5.52. The van der Waals surface area contributed by atoms with Gasteiger partial charge in [0.15, 0.2) is 11.6 Å². The zero-order chi connectivity index (χ0) is 7.56. The van der Waals surface area contributed by atoms with E-state index in [-0.39, 0.29) is 11.4 Å². The SMILES string of the molecule is COc1c([NH])cccc1F. The minimum absolute atomic E-state index is 0.00231. The molecular formula is C7H7FNO. The van der Waals surface area contributed by atoms with Crippen LogP contribution in [0.2, 0.25) is 0 Å². The Morgan fingerprint density at radius 3 is 2.60 bits per heavy atom. The lowest BCUT2D eigenvalue weighted by Crippen LogP contribution is -1.88. The molecule has 2 nitrogen and oxygen atoms in total. The van der Waals surface area contributed by atoms with Crippen LogP contribution in [0.4, 0.5) is 10.1 Å². The third-order valence-corrected chi connectivity index (χ3v) is 1.17. The summed E-state index contributed by atoms with van der Waals surface area (Å²) in [7, 11) is 1.34. The third kappa shape index (κ3) is 1.03. The van der Waals surface area contributed by atoms with E-state index in [0.29, 0.717) is 0 Å². The molecule has 0 amide bonds. The largest absolute Gasteiger partial charge is 0.492 e. The van der Waals surface area contributed by atoms with Crippen molar-refractivity contribution in [3.63, 3.8) is 0 Å². The number of nitrogens with one attached hydrogen (secondary N) is 1. The van der Waals surface area contributed by atoms with E-state index in [9.17, 15) is 4.39 Å². The molecule has 1 N–H and O–H groups in total. The number of ether oxygens (including phenoxy) is 1. The second-order valence-electron chi connectivity index (χ2n) is 1.82. The van der Waals surface area contributed by atoms with Gasteiger partial charge in [0.25, 0.3) is 0 Å². The van der Waals surface area contributed by atoms with Crippen LogP contribution in [-0.4, -0.2) is 7.11 Å². The Balaban J connectivity index is 3.17. The Labute approximate surface area is 58.4 Å². The summed E-state index contributed by atoms with van der Waals surface area (Å²) < 4.78 is 17.2. The summed E-state index contributed by atoms with van der Waals surface area (Å²) in [5.74, 6) is -0.488. The van der Waals surface area contributed by atoms with Gasteiger partial charge in [-0.1, -0.05) is 6.07 Å². The molecule has 0 aliphatic heterocycles. The van der Waals surface area contributed by atoms with Crippen molar-refractivity contribution in [2.45, 2.75) is 0 Å². The molecule has 0 saturated carbocycles. The summed E-state index contributed by atoms with van der Waals surface area (Å²) in [6.07, 6.45) is 0. The molecule has 1 radical (unpaired) electrons. The Kier molecular flexibility index (Phi) is 1.76. The van der Waals surface area contributed by atoms with Gasteiger partial charge in [-0.15, -0.1) is 0 Å². The molecule has 0 fully saturated rings. The van der Waals surface area contributed by atoms with Crippen molar-refractivity contribution in [1.29, 1.82) is 0 Å². The highest BCUT2D eigenvalue weighted by atomic mass is 19.1. The maximum absolute atomic E-state index is 12.6. The number of halogens is 1. The van der Waals surface area contributed by atoms with Gasteiger partial charge in [-0.2, -0.15) is 0 Å². The second-order valence-corrected chi connectivity index (χ2v) is 1.82. The molecule has 1 aromatic carbocycles. The van der Waals surface area contributed by atoms with Crippen LogP contribution in [0.15, 0.2) is 18.2 Å². The zero-order valence-electron chi connectivity index (χ0n) is 5.52. The smallest absolute Gasteiger partial charge is 0.179 e. The lowest BCUT2D eigenvalue weighted by Gasteiger charge is -2.02. The fourth-order valence-corrected chi connectivity index (χ4v) is 0.716. The molecule has 0 saturated heterocycles. The van der Waals surface area contributed by atoms with Crippen LogP contribution < -0.4 is 10.5 Å². The molecule has 1 aromatic rings. The van der Waals surface area contributed by atoms with Gasteiger partial charge in [-0.3, -0.25) is 5.73 Å². The van der Waals surface area contributed by atoms with Crippen molar-refractivity contribution in [2.24, 2.45) is 0 Å². The molecule has 53 valence electrons. The van der Waals surface area contributed by atoms with Gasteiger partial charge in [-0.25, -0.2) is 4.39 Å². The van der Waals surface area contributed by atoms with E-state index in [2.05, 4.69) is 4.74 Å². The fourth-order valence-electron chi connectivity index (χ4n) is 0.716. The Hall–Kier alpha value is -1.25. The highest BCUT2D eigenvalue weighted by Crippen LogP contribution is 2.24. The summed E-state index contributed by atoms with van der Waals surface area (Å²) in [6, 6.07) is 4.21. The molecule has 0 aliphatic rings. The van der Waals surface area contributed by atoms with Crippen molar-refractivity contribution in [3.05, 3.63) is 24.0 Å². The lowest BCUT2D eigenvalue weighted by molar-refractivity contribution is 0.387. The van der Waals surface area contributed by atoms with Crippen LogP contribution in [-0.2, 0) is 0 Å². The minimum Gasteiger partial charge on any atom is -0.492 e. The summed E-state index contributed by atoms with van der Waals surface area (Å²) in [4.78, 5) is 0. The summed E-state index contributed by atoms with van der Waals surface area (Å²) >= 11 is 0. The van der Waals surface area contributed by atoms with E-state index in [0.717, 1.165) is 0 Å². The number of methoxy groups -OCH3 is 1. The second kappa shape index (κ2) is 2.56. The molecule has 3 heteroatoms. The monoisotopic (exact) mass is 140 g/mol. The van der Waals surface area contributed by atoms with Crippen LogP contribution in [0, 0.1) is 5.82 Å². The maximum atomic E-state index is 12.6. The molecule has 0 atom stereocenters. The molecular weight excluding hydrogens is 133 g/mol. The molecule has 0 bridgehead atoms. The third-order valence-electron chi connectivity index (χ3n) is 1.17. The standard InChI is InChI=1S/C7H7FNO/c1-10-7-5(8)3-2-4-6(7)9/h2-4,9H,1H3. The topological polar surface area (TPSA) is 33.0 Å². The normalized spacial score (nSPS) is 9.40. The van der Waals surface area contributed by atoms with Crippen LogP contribution in [0.1, 0.15) is 0 Å². The maximum Gasteiger partial charge on any atom is 0.179 e. The van der Waals surface area contributed by atoms with E-state index < -0.39 is 5.82 Å². The first-order valence-corrected chi connectivity index (χ1v) is 2.80. The average molecular weight is 140 g/mol. The predicted octanol–water partition coefficient (Wildman–Crippen LogP) is 1.75. The minimum atomic E-state index is -0.491. The van der Waals surface area contributed by atoms with Crippen molar-refractivity contribution in [2.75, 3.05) is 7.11 Å². The Bertz CT molecular complexity index is 217. The van der Waals surface area contributed by atoms with Gasteiger partial charge < -0.3 is 4.74 Å². The lowest BCUT2D eigenvalue weighted by atomic mass is 10.3. The number of benzene rings is 1. The molecule has 0 unspecified atom stereocenters. The Morgan fingerprint density at radius 1 is 1.50 bits per heavy atom. The van der Waals surface area contributed by atoms with Crippen LogP contribution in [0.25, 0.3) is 0 Å². The van der Waals surface area contributed by atoms with Crippen LogP contribution in [0.3, 0.4) is 0 Å². The van der Waals surface area contributed by atoms with E-state index in [1.54, 1.807) is 0 Å². The van der Waals surface area contributed by atoms with E-state index in [1.807, 2.05) is 0 Å². The fraction of sp³-hybridized carbons (Fsp3) is 0.143. The van der Waals surface area contributed by atoms with E-state index in [4.69, 9.17) is 5.73 Å². The van der Waals surface area contributed by atoms with Gasteiger partial charge in [0.2, 0.25) is 0 Å². The molecule has 1 rings (SSSR count). The van der Waals surface area contributed by atoms with Crippen LogP contribution in [0.5, 0.6) is 5.75 Å². The first kappa shape index (κ1) is 6.86. The van der Waals surface area contributed by atoms with Crippen molar-refractivity contribution in [3.8, 4) is 5.75 Å². The quantitative estimate of drug-likeness (QED) is 0.584. The number of para-hydroxylation sites is 1. The van der Waals surface area contributed by atoms with E-state index >= 15 is 0 Å². The predicted molar refractivity (Wildman–Crippen MR) is 35.7 cm³/mol. The highest BCUT2D eigenvalue weighted by molar-refractivity contribution is 5.49. The average Bonchev–Trinajstić information content (AvgIpc) is 1.88. The first-order chi connectivity index (χ1) is 4.75. The summed E-state index contributed by atoms with van der Waals surface area (Å²) in [5, 5.41) is 0. The van der Waals surface area contributed by atoms with Crippen molar-refractivity contribution in [1.82, 2.24) is 5.73 Å². The number of hydrogen-bond acceptors (Lipinski definition) is 1. The molecule has 0 aliphatic carbocycles. The molecule has 0 heterocycles. The number of rotatable bonds is 1. The van der Waals surface area contributed by atoms with Gasteiger partial charge in [0.05, 0.1) is 12.8 Å². The van der Waals surface area contributed by atoms with Gasteiger partial charge in [0.1, 0.15) is 0 Å². The summed E-state index contributed by atoms with van der Waals surface area (Å²) in [5.41, 5.74) is 7.22. The van der Waals surface area contributed by atoms with Crippen molar-refractivity contribution >= 4 is 5.69 Å². The van der Waals surface area contributed by atoms with Crippen LogP contribution >= 0.6 is 0 Å². The molecule has 10 heavy (non-hydrogen) atoms. The number of hydrogen-bond donors (Lipinski definition) is 0. The van der Waals surface area contributed by atoms with E-state index in [1.165, 1.54) is 25.3 Å². The summed E-state index contributed by atoms with van der Waals surface area (Å²) in [6.45, 7) is 0. The highest BCUT2D eigenvalue weighted by Gasteiger charge is 2.03. The van der Waals surface area contributed by atoms with Gasteiger partial charge in [-0.05, 0) is 12.1 Å². The van der Waals surface area contributed by atoms with Crippen molar-refractivity contribution < 1.29 is 9.13 Å². The van der Waals surface area contributed by atoms with Gasteiger partial charge in [0, 0.05) is 0 Å². The van der Waals surface area contributed by atoms with Gasteiger partial charge >= 0.3 is 0 Å². The molecule has 0 spiro atoms. The Morgan fingerprint density at radius 2 is 2.20 bits per heavy atom. The molecule has 0 aromatic heterocycles.